The van der Waals surface area contributed by atoms with Gasteiger partial charge in [0.15, 0.2) is 5.78 Å². The predicted octanol–water partition coefficient (Wildman–Crippen LogP) is 4.19. The molecule has 3 heteroatoms. The zero-order valence-corrected chi connectivity index (χ0v) is 14.8. The number of carbonyl (C=O) groups is 2. The van der Waals surface area contributed by atoms with E-state index in [0.717, 1.165) is 12.8 Å². The van der Waals surface area contributed by atoms with Gasteiger partial charge in [0.2, 0.25) is 0 Å². The Kier molecular flexibility index (Phi) is 10.6. The van der Waals surface area contributed by atoms with Gasteiger partial charge in [-0.25, -0.2) is 0 Å². The first kappa shape index (κ1) is 18.2. The summed E-state index contributed by atoms with van der Waals surface area (Å²) < 4.78 is 0. The van der Waals surface area contributed by atoms with E-state index in [1.165, 1.54) is 19.3 Å². The van der Waals surface area contributed by atoms with Crippen molar-refractivity contribution in [3.63, 3.8) is 0 Å². The number of benzene rings is 1. The second-order valence-corrected chi connectivity index (χ2v) is 4.67. The van der Waals surface area contributed by atoms with Crippen LogP contribution in [0.3, 0.4) is 0 Å². The molecule has 0 saturated heterocycles. The van der Waals surface area contributed by atoms with Crippen molar-refractivity contribution in [1.82, 2.24) is 0 Å². The number of hydrogen-bond acceptors (Lipinski definition) is 2. The third kappa shape index (κ3) is 8.05. The van der Waals surface area contributed by atoms with Crippen LogP contribution in [0.4, 0.5) is 0 Å². The van der Waals surface area contributed by atoms with Gasteiger partial charge < -0.3 is 0 Å². The molecule has 1 aromatic rings. The Morgan fingerprint density at radius 1 is 0.947 bits per heavy atom. The van der Waals surface area contributed by atoms with Crippen LogP contribution in [0.1, 0.15) is 62.2 Å². The Morgan fingerprint density at radius 3 is 2.21 bits per heavy atom. The van der Waals surface area contributed by atoms with Crippen LogP contribution in [-0.4, -0.2) is 11.6 Å². The van der Waals surface area contributed by atoms with Crippen LogP contribution in [0.25, 0.3) is 0 Å². The summed E-state index contributed by atoms with van der Waals surface area (Å²) >= 11 is 0. The van der Waals surface area contributed by atoms with E-state index in [1.54, 1.807) is 12.1 Å². The molecule has 0 amide bonds. The number of rotatable bonds is 9. The summed E-state index contributed by atoms with van der Waals surface area (Å²) in [6, 6.07) is 9.03. The fraction of sp³-hybridized carbons (Fsp3) is 0.500. The van der Waals surface area contributed by atoms with Crippen molar-refractivity contribution in [2.75, 3.05) is 0 Å². The van der Waals surface area contributed by atoms with Gasteiger partial charge in [0.1, 0.15) is 5.78 Å². The predicted molar refractivity (Wildman–Crippen MR) is 73.8 cm³/mol. The normalized spacial score (nSPS) is 9.74. The summed E-state index contributed by atoms with van der Waals surface area (Å²) in [6.07, 6.45) is 6.24. The molecule has 1 aromatic carbocycles. The molecule has 0 saturated carbocycles. The first-order valence-electron chi connectivity index (χ1n) is 6.84. The number of unbranched alkanes of at least 4 members (excludes halogenated alkanes) is 4. The average molecular weight is 312 g/mol. The fourth-order valence-corrected chi connectivity index (χ4v) is 1.92. The Balaban J connectivity index is 0.00000324. The molecule has 0 unspecified atom stereocenters. The minimum atomic E-state index is -0.0610. The molecule has 0 fully saturated rings. The third-order valence-corrected chi connectivity index (χ3v) is 3.01. The maximum atomic E-state index is 11.8. The zero-order chi connectivity index (χ0) is 13.2. The van der Waals surface area contributed by atoms with Crippen molar-refractivity contribution in [2.45, 2.75) is 51.9 Å². The second kappa shape index (κ2) is 11.0. The summed E-state index contributed by atoms with van der Waals surface area (Å²) in [5.41, 5.74) is 0.636. The Bertz CT molecular complexity index is 374. The Morgan fingerprint density at radius 2 is 1.58 bits per heavy atom. The monoisotopic (exact) mass is 310 g/mol. The van der Waals surface area contributed by atoms with Crippen LogP contribution in [0, 0.1) is 0 Å². The van der Waals surface area contributed by atoms with E-state index >= 15 is 0 Å². The first-order chi connectivity index (χ1) is 8.74. The van der Waals surface area contributed by atoms with Crippen molar-refractivity contribution in [1.29, 1.82) is 0 Å². The summed E-state index contributed by atoms with van der Waals surface area (Å²) in [5, 5.41) is 0. The maximum Gasteiger partial charge on any atom is 0.170 e. The van der Waals surface area contributed by atoms with Crippen LogP contribution in [-0.2, 0) is 24.3 Å². The number of ketones is 2. The van der Waals surface area contributed by atoms with Crippen LogP contribution >= 0.6 is 0 Å². The number of hydrogen-bond donors (Lipinski definition) is 0. The van der Waals surface area contributed by atoms with E-state index in [-0.39, 0.29) is 37.5 Å². The van der Waals surface area contributed by atoms with Crippen LogP contribution < -0.4 is 0 Å². The molecule has 0 aliphatic heterocycles. The Labute approximate surface area is 128 Å². The summed E-state index contributed by atoms with van der Waals surface area (Å²) in [4.78, 5) is 23.4. The first-order valence-corrected chi connectivity index (χ1v) is 6.84. The smallest absolute Gasteiger partial charge is 0.170 e. The molecule has 2 nitrogen and oxygen atoms in total. The minimum Gasteiger partial charge on any atom is -0.299 e. The van der Waals surface area contributed by atoms with E-state index in [9.17, 15) is 9.59 Å². The van der Waals surface area contributed by atoms with Crippen molar-refractivity contribution in [2.24, 2.45) is 0 Å². The summed E-state index contributed by atoms with van der Waals surface area (Å²) in [6.45, 7) is 2.17. The average Bonchev–Trinajstić information content (AvgIpc) is 2.39. The van der Waals surface area contributed by atoms with Gasteiger partial charge in [-0.2, -0.15) is 0 Å². The van der Waals surface area contributed by atoms with Gasteiger partial charge >= 0.3 is 0 Å². The van der Waals surface area contributed by atoms with E-state index in [2.05, 4.69) is 6.92 Å². The van der Waals surface area contributed by atoms with Crippen molar-refractivity contribution >= 4 is 11.6 Å². The standard InChI is InChI=1S/C16H22O2.Zn/c1-2-3-4-5-9-12-15(17)13-16(18)14-10-7-6-8-11-14;/h6-8,10-11H,2-5,9,12-13H2,1H3;. The van der Waals surface area contributed by atoms with E-state index in [4.69, 9.17) is 0 Å². The molecular weight excluding hydrogens is 290 g/mol. The van der Waals surface area contributed by atoms with Crippen LogP contribution in [0.5, 0.6) is 0 Å². The van der Waals surface area contributed by atoms with Gasteiger partial charge in [-0.1, -0.05) is 62.9 Å². The van der Waals surface area contributed by atoms with Crippen molar-refractivity contribution in [3.8, 4) is 0 Å². The zero-order valence-electron chi connectivity index (χ0n) is 11.9. The van der Waals surface area contributed by atoms with E-state index in [0.29, 0.717) is 12.0 Å². The van der Waals surface area contributed by atoms with Crippen LogP contribution in [0.15, 0.2) is 30.3 Å². The Hall–Kier alpha value is -0.817. The van der Waals surface area contributed by atoms with Gasteiger partial charge in [0.25, 0.3) is 0 Å². The maximum absolute atomic E-state index is 11.8. The van der Waals surface area contributed by atoms with E-state index in [1.807, 2.05) is 18.2 Å². The summed E-state index contributed by atoms with van der Waals surface area (Å²) in [7, 11) is 0. The third-order valence-electron chi connectivity index (χ3n) is 3.01. The quantitative estimate of drug-likeness (QED) is 0.297. The van der Waals surface area contributed by atoms with Gasteiger partial charge in [-0.15, -0.1) is 0 Å². The molecule has 0 N–H and O–H groups in total. The van der Waals surface area contributed by atoms with E-state index < -0.39 is 0 Å². The van der Waals surface area contributed by atoms with Crippen molar-refractivity contribution in [3.05, 3.63) is 35.9 Å². The molecule has 100 valence electrons. The molecular formula is C16H22O2Zn. The topological polar surface area (TPSA) is 34.1 Å². The fourth-order valence-electron chi connectivity index (χ4n) is 1.92. The van der Waals surface area contributed by atoms with Gasteiger partial charge in [-0.05, 0) is 6.42 Å². The molecule has 0 aliphatic carbocycles. The molecule has 19 heavy (non-hydrogen) atoms. The molecule has 0 spiro atoms. The molecule has 0 bridgehead atoms. The van der Waals surface area contributed by atoms with Crippen LogP contribution in [0.2, 0.25) is 0 Å². The van der Waals surface area contributed by atoms with Crippen molar-refractivity contribution < 1.29 is 29.1 Å². The summed E-state index contributed by atoms with van der Waals surface area (Å²) in [5.74, 6) is 0.00881. The molecule has 0 heterocycles. The molecule has 0 aliphatic rings. The SMILES string of the molecule is CCCCCCCC(=O)CC(=O)c1ccccc1.[Zn]. The second-order valence-electron chi connectivity index (χ2n) is 4.67. The molecule has 0 aromatic heterocycles. The molecule has 1 rings (SSSR count). The van der Waals surface area contributed by atoms with Gasteiger partial charge in [0, 0.05) is 31.5 Å². The van der Waals surface area contributed by atoms with Gasteiger partial charge in [0.05, 0.1) is 6.42 Å². The number of carbonyl (C=O) groups excluding carboxylic acids is 2. The molecule has 0 atom stereocenters. The minimum absolute atomic E-state index is 0. The molecule has 0 radical (unpaired) electrons. The largest absolute Gasteiger partial charge is 0.299 e. The number of Topliss-reactive ketones (excluding diaryl/α,β-unsaturated/α-hetero) is 2. The van der Waals surface area contributed by atoms with Gasteiger partial charge in [-0.3, -0.25) is 9.59 Å².